The molecule has 1 amide bonds. The van der Waals surface area contributed by atoms with Gasteiger partial charge in [-0.25, -0.2) is 0 Å². The summed E-state index contributed by atoms with van der Waals surface area (Å²) in [7, 11) is 1.66. The van der Waals surface area contributed by atoms with Crippen LogP contribution in [-0.4, -0.2) is 29.0 Å². The van der Waals surface area contributed by atoms with Gasteiger partial charge in [-0.3, -0.25) is 4.79 Å². The Labute approximate surface area is 161 Å². The summed E-state index contributed by atoms with van der Waals surface area (Å²) in [6, 6.07) is 20.0. The van der Waals surface area contributed by atoms with E-state index in [4.69, 9.17) is 4.74 Å². The number of hydrogen-bond donors (Lipinski definition) is 0. The fraction of sp³-hybridized carbons (Fsp3) is 0.261. The first-order valence-corrected chi connectivity index (χ1v) is 9.28. The van der Waals surface area contributed by atoms with Crippen LogP contribution in [-0.2, 0) is 11.2 Å². The molecule has 3 aromatic rings. The lowest BCUT2D eigenvalue weighted by Crippen LogP contribution is -2.34. The lowest BCUT2D eigenvalue weighted by Gasteiger charge is -2.29. The quantitative estimate of drug-likeness (QED) is 0.614. The number of methoxy groups -OCH3 is 1. The van der Waals surface area contributed by atoms with Crippen molar-refractivity contribution < 1.29 is 9.53 Å². The largest absolute Gasteiger partial charge is 0.497 e. The van der Waals surface area contributed by atoms with Gasteiger partial charge in [-0.1, -0.05) is 24.3 Å². The zero-order valence-electron chi connectivity index (χ0n) is 16.1. The van der Waals surface area contributed by atoms with Crippen LogP contribution in [0.5, 0.6) is 5.75 Å². The summed E-state index contributed by atoms with van der Waals surface area (Å²) in [5.74, 6) is 0.935. The predicted octanol–water partition coefficient (Wildman–Crippen LogP) is 4.64. The average Bonchev–Trinajstić information content (AvgIpc) is 3.24. The number of rotatable bonds is 7. The molecule has 0 bridgehead atoms. The highest BCUT2D eigenvalue weighted by Crippen LogP contribution is 2.24. The maximum Gasteiger partial charge on any atom is 0.227 e. The minimum Gasteiger partial charge on any atom is -0.497 e. The summed E-state index contributed by atoms with van der Waals surface area (Å²) >= 11 is 0. The SMILES string of the molecule is CCN(C(=O)Cc1ccc(-n2cccc2)cc1)C(C)c1cccc(OC)c1. The fourth-order valence-corrected chi connectivity index (χ4v) is 3.32. The molecule has 0 aliphatic heterocycles. The minimum atomic E-state index is -0.00301. The van der Waals surface area contributed by atoms with Crippen molar-refractivity contribution in [2.24, 2.45) is 0 Å². The average molecular weight is 362 g/mol. The highest BCUT2D eigenvalue weighted by molar-refractivity contribution is 5.79. The molecule has 4 nitrogen and oxygen atoms in total. The van der Waals surface area contributed by atoms with Crippen LogP contribution >= 0.6 is 0 Å². The maximum absolute atomic E-state index is 12.9. The number of carbonyl (C=O) groups excluding carboxylic acids is 1. The third-order valence-corrected chi connectivity index (χ3v) is 4.90. The van der Waals surface area contributed by atoms with Crippen LogP contribution in [0.4, 0.5) is 0 Å². The molecule has 0 N–H and O–H groups in total. The van der Waals surface area contributed by atoms with E-state index in [9.17, 15) is 4.79 Å². The molecule has 4 heteroatoms. The van der Waals surface area contributed by atoms with Gasteiger partial charge < -0.3 is 14.2 Å². The Hall–Kier alpha value is -3.01. The lowest BCUT2D eigenvalue weighted by molar-refractivity contribution is -0.132. The number of nitrogens with zero attached hydrogens (tertiary/aromatic N) is 2. The molecule has 2 aromatic carbocycles. The molecule has 0 saturated carbocycles. The van der Waals surface area contributed by atoms with E-state index in [0.717, 1.165) is 22.6 Å². The first kappa shape index (κ1) is 18.8. The van der Waals surface area contributed by atoms with Crippen LogP contribution in [0.2, 0.25) is 0 Å². The van der Waals surface area contributed by atoms with Crippen LogP contribution in [0.3, 0.4) is 0 Å². The van der Waals surface area contributed by atoms with Gasteiger partial charge >= 0.3 is 0 Å². The second-order valence-corrected chi connectivity index (χ2v) is 6.57. The van der Waals surface area contributed by atoms with Gasteiger partial charge in [-0.15, -0.1) is 0 Å². The van der Waals surface area contributed by atoms with Crippen molar-refractivity contribution >= 4 is 5.91 Å². The summed E-state index contributed by atoms with van der Waals surface area (Å²) in [5.41, 5.74) is 3.19. The molecular weight excluding hydrogens is 336 g/mol. The second kappa shape index (κ2) is 8.58. The van der Waals surface area contributed by atoms with Crippen molar-refractivity contribution in [1.29, 1.82) is 0 Å². The fourth-order valence-electron chi connectivity index (χ4n) is 3.32. The standard InChI is InChI=1S/C23H26N2O2/c1-4-25(18(2)20-8-7-9-22(17-20)27-3)23(26)16-19-10-12-21(13-11-19)24-14-5-6-15-24/h5-15,17-18H,4,16H2,1-3H3. The summed E-state index contributed by atoms with van der Waals surface area (Å²) in [4.78, 5) is 14.8. The summed E-state index contributed by atoms with van der Waals surface area (Å²) < 4.78 is 7.36. The number of benzene rings is 2. The number of hydrogen-bond acceptors (Lipinski definition) is 2. The molecule has 27 heavy (non-hydrogen) atoms. The Morgan fingerprint density at radius 2 is 1.78 bits per heavy atom. The number of amides is 1. The molecule has 1 unspecified atom stereocenters. The zero-order valence-corrected chi connectivity index (χ0v) is 16.1. The third-order valence-electron chi connectivity index (χ3n) is 4.90. The van der Waals surface area contributed by atoms with Gasteiger partial charge in [-0.05, 0) is 61.4 Å². The minimum absolute atomic E-state index is 0.00301. The molecule has 3 rings (SSSR count). The number of carbonyl (C=O) groups is 1. The topological polar surface area (TPSA) is 34.5 Å². The van der Waals surface area contributed by atoms with Crippen molar-refractivity contribution in [2.75, 3.05) is 13.7 Å². The Bertz CT molecular complexity index is 870. The molecule has 0 spiro atoms. The summed E-state index contributed by atoms with van der Waals surface area (Å²) in [6.45, 7) is 4.74. The number of ether oxygens (including phenoxy) is 1. The van der Waals surface area contributed by atoms with Gasteiger partial charge in [0.15, 0.2) is 0 Å². The van der Waals surface area contributed by atoms with Gasteiger partial charge in [0, 0.05) is 24.6 Å². The van der Waals surface area contributed by atoms with Crippen molar-refractivity contribution in [1.82, 2.24) is 9.47 Å². The van der Waals surface area contributed by atoms with Gasteiger partial charge in [-0.2, -0.15) is 0 Å². The Morgan fingerprint density at radius 3 is 2.41 bits per heavy atom. The van der Waals surface area contributed by atoms with Crippen LogP contribution < -0.4 is 4.74 Å². The van der Waals surface area contributed by atoms with E-state index in [1.54, 1.807) is 7.11 Å². The number of likely N-dealkylation sites (N-methyl/N-ethyl adjacent to an activating group) is 1. The monoisotopic (exact) mass is 362 g/mol. The van der Waals surface area contributed by atoms with E-state index in [2.05, 4.69) is 11.5 Å². The highest BCUT2D eigenvalue weighted by Gasteiger charge is 2.20. The van der Waals surface area contributed by atoms with E-state index < -0.39 is 0 Å². The maximum atomic E-state index is 12.9. The Kier molecular flexibility index (Phi) is 5.97. The molecule has 1 atom stereocenters. The normalized spacial score (nSPS) is 11.8. The molecule has 140 valence electrons. The van der Waals surface area contributed by atoms with Crippen LogP contribution in [0.1, 0.15) is 31.0 Å². The lowest BCUT2D eigenvalue weighted by atomic mass is 10.0. The highest BCUT2D eigenvalue weighted by atomic mass is 16.5. The molecule has 0 saturated heterocycles. The van der Waals surface area contributed by atoms with Crippen LogP contribution in [0.15, 0.2) is 73.1 Å². The second-order valence-electron chi connectivity index (χ2n) is 6.57. The van der Waals surface area contributed by atoms with Crippen molar-refractivity contribution in [3.8, 4) is 11.4 Å². The third kappa shape index (κ3) is 4.40. The van der Waals surface area contributed by atoms with Crippen molar-refractivity contribution in [3.63, 3.8) is 0 Å². The van der Waals surface area contributed by atoms with Crippen LogP contribution in [0.25, 0.3) is 5.69 Å². The molecular formula is C23H26N2O2. The molecule has 0 aliphatic carbocycles. The first-order valence-electron chi connectivity index (χ1n) is 9.28. The number of aromatic nitrogens is 1. The summed E-state index contributed by atoms with van der Waals surface area (Å²) in [5, 5.41) is 0. The zero-order chi connectivity index (χ0) is 19.2. The van der Waals surface area contributed by atoms with Crippen LogP contribution in [0, 0.1) is 0 Å². The molecule has 0 aliphatic rings. The molecule has 1 heterocycles. The van der Waals surface area contributed by atoms with E-state index in [0.29, 0.717) is 13.0 Å². The van der Waals surface area contributed by atoms with E-state index in [1.807, 2.05) is 84.9 Å². The van der Waals surface area contributed by atoms with E-state index >= 15 is 0 Å². The Morgan fingerprint density at radius 1 is 1.07 bits per heavy atom. The van der Waals surface area contributed by atoms with Gasteiger partial charge in [0.2, 0.25) is 5.91 Å². The van der Waals surface area contributed by atoms with E-state index in [1.165, 1.54) is 0 Å². The van der Waals surface area contributed by atoms with Gasteiger partial charge in [0.05, 0.1) is 19.6 Å². The molecule has 0 fully saturated rings. The summed E-state index contributed by atoms with van der Waals surface area (Å²) in [6.07, 6.45) is 4.41. The van der Waals surface area contributed by atoms with Crippen molar-refractivity contribution in [2.45, 2.75) is 26.3 Å². The first-order chi connectivity index (χ1) is 13.1. The van der Waals surface area contributed by atoms with E-state index in [-0.39, 0.29) is 11.9 Å². The molecule has 0 radical (unpaired) electrons. The molecule has 1 aromatic heterocycles. The Balaban J connectivity index is 1.71. The predicted molar refractivity (Wildman–Crippen MR) is 108 cm³/mol. The van der Waals surface area contributed by atoms with Crippen molar-refractivity contribution in [3.05, 3.63) is 84.2 Å². The smallest absolute Gasteiger partial charge is 0.227 e. The van der Waals surface area contributed by atoms with Gasteiger partial charge in [0.25, 0.3) is 0 Å². The van der Waals surface area contributed by atoms with Gasteiger partial charge in [0.1, 0.15) is 5.75 Å².